The number of carbonyl (C=O) groups excluding carboxylic acids is 1. The monoisotopic (exact) mass is 428 g/mol. The van der Waals surface area contributed by atoms with Crippen molar-refractivity contribution < 1.29 is 24.1 Å². The summed E-state index contributed by atoms with van der Waals surface area (Å²) >= 11 is 0. The minimum Gasteiger partial charge on any atom is -0.493 e. The Morgan fingerprint density at radius 2 is 1.74 bits per heavy atom. The van der Waals surface area contributed by atoms with E-state index in [1.54, 1.807) is 19.1 Å². The standard InChI is InChI=1S/C24H34N4O3/c1-5-27-12-14-28(15-13-27)21-9-7-20(8-10-21)25-24(29)18-26(2)17-19-6-11-22(30-3)23(16-19)31-4/h6-11,16H,5,12-15,17-18H2,1-4H3,(H,25,29)/p+2. The number of likely N-dealkylation sites (N-methyl/N-ethyl adjacent to an activating group) is 2. The van der Waals surface area contributed by atoms with E-state index in [0.29, 0.717) is 18.0 Å². The molecule has 2 aromatic carbocycles. The van der Waals surface area contributed by atoms with Gasteiger partial charge in [-0.25, -0.2) is 0 Å². The maximum atomic E-state index is 12.5. The van der Waals surface area contributed by atoms with Gasteiger partial charge in [-0.05, 0) is 49.4 Å². The Morgan fingerprint density at radius 1 is 1.06 bits per heavy atom. The number of piperazine rings is 1. The van der Waals surface area contributed by atoms with E-state index < -0.39 is 0 Å². The lowest BCUT2D eigenvalue weighted by molar-refractivity contribution is -0.898. The molecule has 1 fully saturated rings. The highest BCUT2D eigenvalue weighted by atomic mass is 16.5. The molecule has 168 valence electrons. The maximum absolute atomic E-state index is 12.5. The van der Waals surface area contributed by atoms with Gasteiger partial charge in [-0.1, -0.05) is 0 Å². The Kier molecular flexibility index (Phi) is 8.14. The average Bonchev–Trinajstić information content (AvgIpc) is 2.79. The normalized spacial score (nSPS) is 15.4. The first-order valence-corrected chi connectivity index (χ1v) is 11.0. The van der Waals surface area contributed by atoms with Crippen LogP contribution in [-0.4, -0.2) is 66.4 Å². The molecular formula is C24H36N4O3+2. The first-order valence-electron chi connectivity index (χ1n) is 11.0. The predicted molar refractivity (Wildman–Crippen MR) is 124 cm³/mol. The Morgan fingerprint density at radius 3 is 2.35 bits per heavy atom. The van der Waals surface area contributed by atoms with Crippen LogP contribution in [0.4, 0.5) is 11.4 Å². The van der Waals surface area contributed by atoms with Gasteiger partial charge in [-0.15, -0.1) is 0 Å². The first kappa shape index (κ1) is 22.9. The Labute approximate surface area is 185 Å². The molecule has 1 heterocycles. The minimum atomic E-state index is 0.00545. The quantitative estimate of drug-likeness (QED) is 0.530. The molecule has 1 aliphatic heterocycles. The van der Waals surface area contributed by atoms with Gasteiger partial charge in [0.1, 0.15) is 6.54 Å². The van der Waals surface area contributed by atoms with E-state index in [0.717, 1.165) is 35.8 Å². The third-order valence-corrected chi connectivity index (χ3v) is 5.90. The van der Waals surface area contributed by atoms with Crippen molar-refractivity contribution >= 4 is 17.3 Å². The number of nitrogens with zero attached hydrogens (tertiary/aromatic N) is 1. The van der Waals surface area contributed by atoms with E-state index >= 15 is 0 Å². The van der Waals surface area contributed by atoms with Crippen LogP contribution in [0.25, 0.3) is 0 Å². The van der Waals surface area contributed by atoms with Crippen LogP contribution in [0.15, 0.2) is 42.5 Å². The molecule has 1 atom stereocenters. The minimum absolute atomic E-state index is 0.00545. The molecule has 7 heteroatoms. The zero-order chi connectivity index (χ0) is 22.2. The zero-order valence-corrected chi connectivity index (χ0v) is 19.2. The van der Waals surface area contributed by atoms with Gasteiger partial charge in [0, 0.05) is 16.9 Å². The molecule has 1 saturated heterocycles. The molecule has 0 spiro atoms. The molecule has 0 aliphatic carbocycles. The van der Waals surface area contributed by atoms with Gasteiger partial charge in [0.25, 0.3) is 5.91 Å². The average molecular weight is 429 g/mol. The number of rotatable bonds is 9. The lowest BCUT2D eigenvalue weighted by atomic mass is 10.2. The van der Waals surface area contributed by atoms with Crippen LogP contribution in [0.2, 0.25) is 0 Å². The number of amides is 1. The molecule has 1 amide bonds. The van der Waals surface area contributed by atoms with Gasteiger partial charge in [0.2, 0.25) is 0 Å². The summed E-state index contributed by atoms with van der Waals surface area (Å²) in [4.78, 5) is 17.7. The molecule has 0 radical (unpaired) electrons. The maximum Gasteiger partial charge on any atom is 0.279 e. The molecule has 0 bridgehead atoms. The van der Waals surface area contributed by atoms with Gasteiger partial charge >= 0.3 is 0 Å². The predicted octanol–water partition coefficient (Wildman–Crippen LogP) is 0.0820. The van der Waals surface area contributed by atoms with E-state index in [1.165, 1.54) is 25.3 Å². The van der Waals surface area contributed by atoms with Crippen molar-refractivity contribution in [2.75, 3.05) is 70.8 Å². The third kappa shape index (κ3) is 6.35. The van der Waals surface area contributed by atoms with Crippen LogP contribution in [0.1, 0.15) is 12.5 Å². The number of hydrogen-bond donors (Lipinski definition) is 3. The number of carbonyl (C=O) groups is 1. The van der Waals surface area contributed by atoms with Crippen molar-refractivity contribution in [2.45, 2.75) is 13.5 Å². The van der Waals surface area contributed by atoms with Crippen LogP contribution in [0.5, 0.6) is 11.5 Å². The summed E-state index contributed by atoms with van der Waals surface area (Å²) in [6, 6.07) is 14.1. The van der Waals surface area contributed by atoms with Gasteiger partial charge in [0.05, 0.1) is 54.0 Å². The lowest BCUT2D eigenvalue weighted by Crippen LogP contribution is -3.14. The lowest BCUT2D eigenvalue weighted by Gasteiger charge is -2.33. The van der Waals surface area contributed by atoms with Gasteiger partial charge in [-0.3, -0.25) is 4.79 Å². The number of anilines is 2. The number of ether oxygens (including phenoxy) is 2. The summed E-state index contributed by atoms with van der Waals surface area (Å²) in [7, 11) is 5.26. The highest BCUT2D eigenvalue weighted by Gasteiger charge is 2.19. The molecule has 31 heavy (non-hydrogen) atoms. The summed E-state index contributed by atoms with van der Waals surface area (Å²) in [5.74, 6) is 1.42. The van der Waals surface area contributed by atoms with Crippen molar-refractivity contribution in [3.8, 4) is 11.5 Å². The molecule has 0 saturated carbocycles. The van der Waals surface area contributed by atoms with Crippen LogP contribution in [-0.2, 0) is 11.3 Å². The van der Waals surface area contributed by atoms with Crippen molar-refractivity contribution in [3.05, 3.63) is 48.0 Å². The molecule has 3 N–H and O–H groups in total. The second-order valence-electron chi connectivity index (χ2n) is 8.19. The van der Waals surface area contributed by atoms with Crippen molar-refractivity contribution in [3.63, 3.8) is 0 Å². The Hall–Kier alpha value is -2.77. The topological polar surface area (TPSA) is 59.7 Å². The summed E-state index contributed by atoms with van der Waals surface area (Å²) in [5.41, 5.74) is 3.16. The molecule has 3 rings (SSSR count). The summed E-state index contributed by atoms with van der Waals surface area (Å²) in [6.45, 7) is 9.08. The summed E-state index contributed by atoms with van der Waals surface area (Å²) in [6.07, 6.45) is 0. The number of nitrogens with one attached hydrogen (secondary N) is 3. The number of quaternary nitrogens is 2. The second-order valence-corrected chi connectivity index (χ2v) is 8.19. The van der Waals surface area contributed by atoms with E-state index in [1.807, 2.05) is 37.4 Å². The fraction of sp³-hybridized carbons (Fsp3) is 0.458. The van der Waals surface area contributed by atoms with Crippen molar-refractivity contribution in [2.24, 2.45) is 0 Å². The van der Waals surface area contributed by atoms with Gasteiger partial charge in [0.15, 0.2) is 18.0 Å². The highest BCUT2D eigenvalue weighted by molar-refractivity contribution is 5.91. The fourth-order valence-corrected chi connectivity index (χ4v) is 4.07. The van der Waals surface area contributed by atoms with Crippen LogP contribution < -0.4 is 29.5 Å². The van der Waals surface area contributed by atoms with Crippen LogP contribution >= 0.6 is 0 Å². The summed E-state index contributed by atoms with van der Waals surface area (Å²) in [5, 5.41) is 3.02. The third-order valence-electron chi connectivity index (χ3n) is 5.90. The fourth-order valence-electron chi connectivity index (χ4n) is 4.07. The Balaban J connectivity index is 1.49. The smallest absolute Gasteiger partial charge is 0.279 e. The van der Waals surface area contributed by atoms with Crippen molar-refractivity contribution in [1.29, 1.82) is 0 Å². The zero-order valence-electron chi connectivity index (χ0n) is 19.2. The molecule has 7 nitrogen and oxygen atoms in total. The van der Waals surface area contributed by atoms with Gasteiger partial charge in [-0.2, -0.15) is 0 Å². The molecule has 1 unspecified atom stereocenters. The van der Waals surface area contributed by atoms with Gasteiger partial charge < -0.3 is 29.5 Å². The second kappa shape index (κ2) is 11.0. The van der Waals surface area contributed by atoms with E-state index in [-0.39, 0.29) is 5.91 Å². The number of hydrogen-bond acceptors (Lipinski definition) is 4. The molecular weight excluding hydrogens is 392 g/mol. The Bertz CT molecular complexity index is 848. The number of methoxy groups -OCH3 is 2. The SMILES string of the molecule is CC[NH+]1CCN(c2ccc(NC(=O)C[NH+](C)Cc3ccc(OC)c(OC)c3)cc2)CC1. The van der Waals surface area contributed by atoms with Crippen molar-refractivity contribution in [1.82, 2.24) is 0 Å². The van der Waals surface area contributed by atoms with E-state index in [4.69, 9.17) is 9.47 Å². The highest BCUT2D eigenvalue weighted by Crippen LogP contribution is 2.27. The molecule has 1 aliphatic rings. The number of benzene rings is 2. The van der Waals surface area contributed by atoms with E-state index in [2.05, 4.69) is 29.3 Å². The molecule has 2 aromatic rings. The van der Waals surface area contributed by atoms with Crippen LogP contribution in [0, 0.1) is 0 Å². The molecule has 0 aromatic heterocycles. The van der Waals surface area contributed by atoms with Crippen LogP contribution in [0.3, 0.4) is 0 Å². The van der Waals surface area contributed by atoms with E-state index in [9.17, 15) is 4.79 Å². The first-order chi connectivity index (χ1) is 15.0. The largest absolute Gasteiger partial charge is 0.493 e. The summed E-state index contributed by atoms with van der Waals surface area (Å²) < 4.78 is 10.6.